The van der Waals surface area contributed by atoms with Gasteiger partial charge in [0.15, 0.2) is 6.04 Å². The number of nitrogens with one attached hydrogen (secondary N) is 2. The summed E-state index contributed by atoms with van der Waals surface area (Å²) in [5, 5.41) is 39.5. The second-order valence-corrected chi connectivity index (χ2v) is 9.87. The molecule has 0 aromatic heterocycles. The van der Waals surface area contributed by atoms with Crippen molar-refractivity contribution in [2.75, 3.05) is 7.11 Å². The van der Waals surface area contributed by atoms with Gasteiger partial charge in [-0.25, -0.2) is 4.79 Å². The molecule has 2 N–H and O–H groups in total. The molecule has 3 atom stereocenters. The van der Waals surface area contributed by atoms with Gasteiger partial charge in [0.1, 0.15) is 6.10 Å². The predicted octanol–water partition coefficient (Wildman–Crippen LogP) is 3.68. The Morgan fingerprint density at radius 1 is 0.957 bits per heavy atom. The standard InChI is InChI=1S/C27H24F3N5O11/c1-13-12-26(22(35(43)44)14(2)31-13,19-7-5-6-8-20(19)27(28,29)30)25(38)46-15(3)21(24(37)45-4)32-23(36)16-9-17(33(39)40)11-18(10-16)34(41)42/h5-12,15,21,31H,1-4H3,(H,32,36)/t15-,21+,26+/m0/s1. The molecule has 46 heavy (non-hydrogen) atoms. The van der Waals surface area contributed by atoms with Crippen LogP contribution in [0.1, 0.15) is 42.3 Å². The van der Waals surface area contributed by atoms with Crippen LogP contribution in [0.4, 0.5) is 24.5 Å². The number of halogens is 3. The van der Waals surface area contributed by atoms with Gasteiger partial charge >= 0.3 is 18.1 Å². The number of alkyl halides is 3. The number of methoxy groups -OCH3 is 1. The Hall–Kier alpha value is -5.88. The van der Waals surface area contributed by atoms with Gasteiger partial charge < -0.3 is 20.1 Å². The first-order chi connectivity index (χ1) is 21.3. The van der Waals surface area contributed by atoms with Crippen LogP contribution < -0.4 is 10.6 Å². The van der Waals surface area contributed by atoms with E-state index in [2.05, 4.69) is 15.4 Å². The Balaban J connectivity index is 2.14. The number of benzene rings is 2. The summed E-state index contributed by atoms with van der Waals surface area (Å²) in [5.41, 5.74) is -8.73. The maximum Gasteiger partial charge on any atom is 0.416 e. The lowest BCUT2D eigenvalue weighted by molar-refractivity contribution is -0.434. The summed E-state index contributed by atoms with van der Waals surface area (Å²) < 4.78 is 52.6. The number of nitrogens with zero attached hydrogens (tertiary/aromatic N) is 3. The van der Waals surface area contributed by atoms with Crippen LogP contribution in [0.3, 0.4) is 0 Å². The molecule has 0 fully saturated rings. The molecule has 2 aromatic carbocycles. The number of hydrogen-bond acceptors (Lipinski definition) is 12. The van der Waals surface area contributed by atoms with Crippen LogP contribution in [0, 0.1) is 30.3 Å². The largest absolute Gasteiger partial charge is 0.467 e. The third-order valence-corrected chi connectivity index (χ3v) is 6.80. The van der Waals surface area contributed by atoms with E-state index in [4.69, 9.17) is 4.74 Å². The molecule has 1 heterocycles. The predicted molar refractivity (Wildman–Crippen MR) is 148 cm³/mol. The van der Waals surface area contributed by atoms with Gasteiger partial charge in [0.25, 0.3) is 23.0 Å². The number of esters is 2. The molecule has 16 nitrogen and oxygen atoms in total. The Morgan fingerprint density at radius 2 is 1.52 bits per heavy atom. The molecular weight excluding hydrogens is 627 g/mol. The van der Waals surface area contributed by atoms with Crippen molar-refractivity contribution in [3.8, 4) is 0 Å². The van der Waals surface area contributed by atoms with E-state index in [0.29, 0.717) is 24.3 Å². The highest BCUT2D eigenvalue weighted by Crippen LogP contribution is 2.46. The molecule has 19 heteroatoms. The van der Waals surface area contributed by atoms with Gasteiger partial charge in [-0.05, 0) is 38.5 Å². The molecule has 3 rings (SSSR count). The van der Waals surface area contributed by atoms with Gasteiger partial charge in [-0.1, -0.05) is 18.2 Å². The summed E-state index contributed by atoms with van der Waals surface area (Å²) in [5.74, 6) is -4.23. The smallest absolute Gasteiger partial charge is 0.416 e. The van der Waals surface area contributed by atoms with E-state index in [1.54, 1.807) is 0 Å². The number of carbonyl (C=O) groups excluding carboxylic acids is 3. The number of dihydropyridines is 1. The molecular formula is C27H24F3N5O11. The Morgan fingerprint density at radius 3 is 2.02 bits per heavy atom. The Bertz CT molecular complexity index is 1670. The van der Waals surface area contributed by atoms with Crippen molar-refractivity contribution in [3.63, 3.8) is 0 Å². The number of ether oxygens (including phenoxy) is 2. The molecule has 0 bridgehead atoms. The molecule has 0 saturated heterocycles. The molecule has 1 aliphatic heterocycles. The topological polar surface area (TPSA) is 223 Å². The lowest BCUT2D eigenvalue weighted by atomic mass is 9.72. The number of allylic oxidation sites excluding steroid dienone is 2. The number of amides is 1. The first-order valence-electron chi connectivity index (χ1n) is 12.9. The van der Waals surface area contributed by atoms with Crippen LogP contribution in [-0.2, 0) is 30.7 Å². The normalized spacial score (nSPS) is 17.5. The molecule has 0 spiro atoms. The Kier molecular flexibility index (Phi) is 9.78. The zero-order valence-corrected chi connectivity index (χ0v) is 24.2. The molecule has 1 amide bonds. The van der Waals surface area contributed by atoms with Gasteiger partial charge in [-0.3, -0.25) is 39.9 Å². The SMILES string of the molecule is COC(=O)[C@H](NC(=O)c1cc([N+](=O)[O-])cc([N+](=O)[O-])c1)[C@H](C)OC(=O)[C@@]1(c2ccccc2C(F)(F)F)C=C(C)NC(C)=C1[N+](=O)[O-]. The summed E-state index contributed by atoms with van der Waals surface area (Å²) >= 11 is 0. The van der Waals surface area contributed by atoms with E-state index in [1.807, 2.05) is 0 Å². The molecule has 0 radical (unpaired) electrons. The fraction of sp³-hybridized carbons (Fsp3) is 0.296. The molecule has 0 aliphatic carbocycles. The number of rotatable bonds is 10. The van der Waals surface area contributed by atoms with Crippen LogP contribution in [0.5, 0.6) is 0 Å². The first-order valence-corrected chi connectivity index (χ1v) is 12.9. The number of non-ortho nitro benzene ring substituents is 2. The Labute approximate surface area is 256 Å². The highest BCUT2D eigenvalue weighted by atomic mass is 19.4. The van der Waals surface area contributed by atoms with E-state index in [0.717, 1.165) is 45.2 Å². The van der Waals surface area contributed by atoms with Crippen molar-refractivity contribution in [1.29, 1.82) is 0 Å². The molecule has 2 aromatic rings. The molecule has 1 aliphatic rings. The third-order valence-electron chi connectivity index (χ3n) is 6.80. The second-order valence-electron chi connectivity index (χ2n) is 9.87. The van der Waals surface area contributed by atoms with Crippen LogP contribution >= 0.6 is 0 Å². The number of carbonyl (C=O) groups is 3. The highest BCUT2D eigenvalue weighted by Gasteiger charge is 2.57. The van der Waals surface area contributed by atoms with Crippen LogP contribution in [0.2, 0.25) is 0 Å². The van der Waals surface area contributed by atoms with E-state index in [9.17, 15) is 57.9 Å². The molecule has 0 saturated carbocycles. The van der Waals surface area contributed by atoms with Crippen molar-refractivity contribution in [2.24, 2.45) is 0 Å². The maximum absolute atomic E-state index is 14.2. The van der Waals surface area contributed by atoms with Gasteiger partial charge in [-0.15, -0.1) is 0 Å². The van der Waals surface area contributed by atoms with Crippen molar-refractivity contribution < 1.29 is 51.8 Å². The van der Waals surface area contributed by atoms with Crippen LogP contribution in [0.15, 0.2) is 65.6 Å². The summed E-state index contributed by atoms with van der Waals surface area (Å²) in [6, 6.07) is 3.54. The zero-order valence-electron chi connectivity index (χ0n) is 24.2. The van der Waals surface area contributed by atoms with E-state index in [1.165, 1.54) is 6.92 Å². The average Bonchev–Trinajstić information content (AvgIpc) is 2.97. The second kappa shape index (κ2) is 13.0. The first kappa shape index (κ1) is 34.6. The van der Waals surface area contributed by atoms with Gasteiger partial charge in [0.2, 0.25) is 5.41 Å². The lowest BCUT2D eigenvalue weighted by Crippen LogP contribution is -2.53. The summed E-state index contributed by atoms with van der Waals surface area (Å²) in [6.45, 7) is 3.50. The van der Waals surface area contributed by atoms with Gasteiger partial charge in [-0.2, -0.15) is 13.2 Å². The lowest BCUT2D eigenvalue weighted by Gasteiger charge is -2.34. The number of hydrogen-bond donors (Lipinski definition) is 2. The minimum absolute atomic E-state index is 0.0368. The third kappa shape index (κ3) is 6.76. The monoisotopic (exact) mass is 651 g/mol. The van der Waals surface area contributed by atoms with Crippen LogP contribution in [0.25, 0.3) is 0 Å². The average molecular weight is 652 g/mol. The number of nitro benzene ring substituents is 2. The summed E-state index contributed by atoms with van der Waals surface area (Å²) in [6.07, 6.45) is -6.04. The fourth-order valence-electron chi connectivity index (χ4n) is 4.89. The maximum atomic E-state index is 14.2. The zero-order chi connectivity index (χ0) is 34.7. The van der Waals surface area contributed by atoms with E-state index < -0.39 is 90.1 Å². The van der Waals surface area contributed by atoms with Crippen molar-refractivity contribution >= 4 is 29.2 Å². The van der Waals surface area contributed by atoms with Crippen LogP contribution in [-0.4, -0.2) is 51.9 Å². The summed E-state index contributed by atoms with van der Waals surface area (Å²) in [7, 11) is 0.866. The number of nitro groups is 3. The van der Waals surface area contributed by atoms with Crippen molar-refractivity contribution in [2.45, 2.75) is 44.5 Å². The van der Waals surface area contributed by atoms with Gasteiger partial charge in [0.05, 0.1) is 44.8 Å². The van der Waals surface area contributed by atoms with E-state index in [-0.39, 0.29) is 11.4 Å². The van der Waals surface area contributed by atoms with Crippen molar-refractivity contribution in [1.82, 2.24) is 10.6 Å². The van der Waals surface area contributed by atoms with E-state index >= 15 is 0 Å². The highest BCUT2D eigenvalue weighted by molar-refractivity contribution is 5.98. The quantitative estimate of drug-likeness (QED) is 0.213. The minimum Gasteiger partial charge on any atom is -0.467 e. The molecule has 0 unspecified atom stereocenters. The van der Waals surface area contributed by atoms with Gasteiger partial charge in [0, 0.05) is 17.8 Å². The summed E-state index contributed by atoms with van der Waals surface area (Å²) in [4.78, 5) is 71.5. The van der Waals surface area contributed by atoms with Crippen molar-refractivity contribution in [3.05, 3.63) is 113 Å². The minimum atomic E-state index is -5.10. The fourth-order valence-corrected chi connectivity index (χ4v) is 4.89. The molecule has 244 valence electrons.